The minimum Gasteiger partial charge on any atom is -0.329 e. The molecule has 0 bridgehead atoms. The van der Waals surface area contributed by atoms with Gasteiger partial charge in [0.15, 0.2) is 0 Å². The number of alkyl halides is 2. The quantitative estimate of drug-likeness (QED) is 0.618. The molecule has 4 heteroatoms. The van der Waals surface area contributed by atoms with Crippen LogP contribution in [0.5, 0.6) is 0 Å². The number of nitrogens with zero attached hydrogens (tertiary/aromatic N) is 1. The van der Waals surface area contributed by atoms with Crippen molar-refractivity contribution in [3.63, 3.8) is 0 Å². The van der Waals surface area contributed by atoms with Gasteiger partial charge in [-0.25, -0.2) is 0 Å². The highest BCUT2D eigenvalue weighted by molar-refractivity contribution is 6.18. The first-order valence-electron chi connectivity index (χ1n) is 3.39. The molecule has 2 N–H and O–H groups in total. The van der Waals surface area contributed by atoms with E-state index in [-0.39, 0.29) is 0 Å². The van der Waals surface area contributed by atoms with Gasteiger partial charge in [0.25, 0.3) is 0 Å². The van der Waals surface area contributed by atoms with Crippen LogP contribution in [0.4, 0.5) is 0 Å². The Labute approximate surface area is 72.3 Å². The van der Waals surface area contributed by atoms with Crippen LogP contribution in [-0.2, 0) is 0 Å². The molecule has 0 aliphatic heterocycles. The minimum absolute atomic E-state index is 0.650. The number of hydrogen-bond acceptors (Lipinski definition) is 2. The van der Waals surface area contributed by atoms with Crippen molar-refractivity contribution in [1.29, 1.82) is 0 Å². The minimum atomic E-state index is 0.650. The third kappa shape index (κ3) is 5.30. The maximum absolute atomic E-state index is 5.54. The summed E-state index contributed by atoms with van der Waals surface area (Å²) in [5.41, 5.74) is 5.36. The van der Waals surface area contributed by atoms with E-state index in [0.29, 0.717) is 18.3 Å². The van der Waals surface area contributed by atoms with Crippen molar-refractivity contribution in [2.75, 3.05) is 37.9 Å². The van der Waals surface area contributed by atoms with Gasteiger partial charge in [-0.2, -0.15) is 0 Å². The van der Waals surface area contributed by atoms with E-state index in [2.05, 4.69) is 4.90 Å². The van der Waals surface area contributed by atoms with Crippen molar-refractivity contribution < 1.29 is 0 Å². The molecule has 0 unspecified atom stereocenters. The van der Waals surface area contributed by atoms with Crippen molar-refractivity contribution in [2.24, 2.45) is 5.73 Å². The summed E-state index contributed by atoms with van der Waals surface area (Å²) >= 11 is 11.1. The average molecular weight is 185 g/mol. The van der Waals surface area contributed by atoms with Gasteiger partial charge in [-0.3, -0.25) is 4.90 Å². The monoisotopic (exact) mass is 184 g/mol. The normalized spacial score (nSPS) is 10.8. The second-order valence-electron chi connectivity index (χ2n) is 2.01. The smallest absolute Gasteiger partial charge is 0.0351 e. The molecule has 0 amide bonds. The second-order valence-corrected chi connectivity index (χ2v) is 2.76. The zero-order valence-corrected chi connectivity index (χ0v) is 7.53. The number of hydrogen-bond donors (Lipinski definition) is 1. The summed E-state index contributed by atoms with van der Waals surface area (Å²) in [6.45, 7) is 3.32. The van der Waals surface area contributed by atoms with Crippen LogP contribution in [0.2, 0.25) is 0 Å². The molecule has 0 aliphatic rings. The summed E-state index contributed by atoms with van der Waals surface area (Å²) in [6, 6.07) is 0. The Hall–Kier alpha value is 0.500. The van der Waals surface area contributed by atoms with Gasteiger partial charge in [0.1, 0.15) is 0 Å². The molecule has 0 fully saturated rings. The molecule has 0 saturated carbocycles. The van der Waals surface area contributed by atoms with Crippen molar-refractivity contribution in [3.8, 4) is 0 Å². The second kappa shape index (κ2) is 7.61. The molecule has 0 aromatic heterocycles. The van der Waals surface area contributed by atoms with E-state index >= 15 is 0 Å². The zero-order valence-electron chi connectivity index (χ0n) is 6.02. The first-order chi connectivity index (χ1) is 4.85. The van der Waals surface area contributed by atoms with Crippen molar-refractivity contribution in [3.05, 3.63) is 0 Å². The maximum Gasteiger partial charge on any atom is 0.0351 e. The van der Waals surface area contributed by atoms with E-state index in [4.69, 9.17) is 28.9 Å². The molecular formula is C6H14Cl2N2. The van der Waals surface area contributed by atoms with Crippen molar-refractivity contribution in [2.45, 2.75) is 0 Å². The number of halogens is 2. The van der Waals surface area contributed by atoms with Crippen molar-refractivity contribution >= 4 is 23.2 Å². The highest BCUT2D eigenvalue weighted by Gasteiger charge is 1.99. The Morgan fingerprint density at radius 1 is 1.00 bits per heavy atom. The molecule has 2 nitrogen and oxygen atoms in total. The highest BCUT2D eigenvalue weighted by atomic mass is 35.5. The van der Waals surface area contributed by atoms with Gasteiger partial charge < -0.3 is 5.73 Å². The van der Waals surface area contributed by atoms with Gasteiger partial charge in [-0.05, 0) is 0 Å². The molecule has 0 heterocycles. The highest BCUT2D eigenvalue weighted by Crippen LogP contribution is 1.89. The Bertz CT molecular complexity index is 56.5. The van der Waals surface area contributed by atoms with Crippen LogP contribution < -0.4 is 5.73 Å². The fourth-order valence-corrected chi connectivity index (χ4v) is 1.24. The van der Waals surface area contributed by atoms with Gasteiger partial charge >= 0.3 is 0 Å². The van der Waals surface area contributed by atoms with Gasteiger partial charge in [-0.1, -0.05) is 0 Å². The molecule has 0 aromatic rings. The van der Waals surface area contributed by atoms with E-state index in [1.165, 1.54) is 0 Å². The van der Waals surface area contributed by atoms with Gasteiger partial charge in [-0.15, -0.1) is 23.2 Å². The fourth-order valence-electron chi connectivity index (χ4n) is 0.757. The predicted octanol–water partition coefficient (Wildman–Crippen LogP) is 0.725. The Balaban J connectivity index is 3.30. The Morgan fingerprint density at radius 2 is 1.50 bits per heavy atom. The topological polar surface area (TPSA) is 29.3 Å². The zero-order chi connectivity index (χ0) is 7.82. The lowest BCUT2D eigenvalue weighted by Crippen LogP contribution is -2.32. The van der Waals surface area contributed by atoms with Crippen LogP contribution in [0.25, 0.3) is 0 Å². The predicted molar refractivity (Wildman–Crippen MR) is 46.9 cm³/mol. The van der Waals surface area contributed by atoms with E-state index in [1.807, 2.05) is 0 Å². The first kappa shape index (κ1) is 10.5. The molecule has 0 atom stereocenters. The van der Waals surface area contributed by atoms with Crippen LogP contribution in [-0.4, -0.2) is 42.8 Å². The lowest BCUT2D eigenvalue weighted by atomic mass is 10.5. The third-order valence-corrected chi connectivity index (χ3v) is 1.58. The van der Waals surface area contributed by atoms with Gasteiger partial charge in [0.2, 0.25) is 0 Å². The summed E-state index contributed by atoms with van der Waals surface area (Å²) in [4.78, 5) is 2.15. The molecule has 62 valence electrons. The molecule has 0 spiro atoms. The van der Waals surface area contributed by atoms with Crippen LogP contribution >= 0.6 is 23.2 Å². The molecule has 0 aromatic carbocycles. The summed E-state index contributed by atoms with van der Waals surface area (Å²) in [7, 11) is 0. The maximum atomic E-state index is 5.54. The average Bonchev–Trinajstić information content (AvgIpc) is 1.90. The molecule has 10 heavy (non-hydrogen) atoms. The Morgan fingerprint density at radius 3 is 1.80 bits per heavy atom. The molecular weight excluding hydrogens is 171 g/mol. The SMILES string of the molecule is NCCN(CCCl)CCCl. The molecule has 0 rings (SSSR count). The third-order valence-electron chi connectivity index (χ3n) is 1.25. The van der Waals surface area contributed by atoms with Crippen molar-refractivity contribution in [1.82, 2.24) is 4.90 Å². The first-order valence-corrected chi connectivity index (χ1v) is 4.46. The Kier molecular flexibility index (Phi) is 7.99. The lowest BCUT2D eigenvalue weighted by Gasteiger charge is -2.18. The van der Waals surface area contributed by atoms with Gasteiger partial charge in [0, 0.05) is 37.9 Å². The summed E-state index contributed by atoms with van der Waals surface area (Å²) < 4.78 is 0. The number of rotatable bonds is 6. The molecule has 0 radical (unpaired) electrons. The molecule has 0 saturated heterocycles. The van der Waals surface area contributed by atoms with Crippen LogP contribution in [0.3, 0.4) is 0 Å². The standard InChI is InChI=1S/C6H14Cl2N2/c7-1-4-10(5-2-8)6-3-9/h1-6,9H2. The van der Waals surface area contributed by atoms with E-state index < -0.39 is 0 Å². The summed E-state index contributed by atoms with van der Waals surface area (Å²) in [5.74, 6) is 1.30. The number of nitrogens with two attached hydrogens (primary N) is 1. The van der Waals surface area contributed by atoms with E-state index in [9.17, 15) is 0 Å². The van der Waals surface area contributed by atoms with Gasteiger partial charge in [0.05, 0.1) is 0 Å². The fraction of sp³-hybridized carbons (Fsp3) is 1.00. The van der Waals surface area contributed by atoms with E-state index in [0.717, 1.165) is 19.6 Å². The molecule has 0 aliphatic carbocycles. The van der Waals surface area contributed by atoms with Crippen LogP contribution in [0.1, 0.15) is 0 Å². The largest absolute Gasteiger partial charge is 0.329 e. The van der Waals surface area contributed by atoms with Crippen LogP contribution in [0, 0.1) is 0 Å². The van der Waals surface area contributed by atoms with E-state index in [1.54, 1.807) is 0 Å². The lowest BCUT2D eigenvalue weighted by molar-refractivity contribution is 0.316. The van der Waals surface area contributed by atoms with Crippen LogP contribution in [0.15, 0.2) is 0 Å². The summed E-state index contributed by atoms with van der Waals surface area (Å²) in [6.07, 6.45) is 0. The summed E-state index contributed by atoms with van der Waals surface area (Å²) in [5, 5.41) is 0.